The molecular formula is C41H55N3O9. The average molecular weight is 734 g/mol. The fourth-order valence-corrected chi connectivity index (χ4v) is 8.47. The molecule has 2 aromatic carbocycles. The normalized spacial score (nSPS) is 24.9. The minimum atomic E-state index is -1.38. The van der Waals surface area contributed by atoms with Crippen molar-refractivity contribution in [1.29, 1.82) is 0 Å². The Morgan fingerprint density at radius 3 is 2.51 bits per heavy atom. The van der Waals surface area contributed by atoms with E-state index in [1.54, 1.807) is 17.0 Å². The Morgan fingerprint density at radius 2 is 1.83 bits per heavy atom. The van der Waals surface area contributed by atoms with Gasteiger partial charge in [0.1, 0.15) is 24.7 Å². The molecular weight excluding hydrogens is 678 g/mol. The van der Waals surface area contributed by atoms with Gasteiger partial charge in [-0.3, -0.25) is 4.90 Å². The fourth-order valence-electron chi connectivity index (χ4n) is 8.47. The molecule has 0 bridgehead atoms. The summed E-state index contributed by atoms with van der Waals surface area (Å²) in [4.78, 5) is 33.8. The van der Waals surface area contributed by atoms with Crippen LogP contribution in [0, 0.1) is 17.8 Å². The number of nitrogens with zero attached hydrogens (tertiary/aromatic N) is 2. The van der Waals surface area contributed by atoms with Crippen LogP contribution in [0.15, 0.2) is 78.0 Å². The SMILES string of the molecule is C=CCO[C@@]12Oc3ccc(OC(=O)NCc4ccccc4)cc3[C@H]3[C@H](CCCCO)[C@@H](CCCCO)C=C(C(=NOC)C[C@@H]1N(CCC)C(=O)OC)[C@H]32. The molecule has 6 atom stereocenters. The highest BCUT2D eigenvalue weighted by Crippen LogP contribution is 2.62. The number of methoxy groups -OCH3 is 1. The van der Waals surface area contributed by atoms with Gasteiger partial charge in [-0.2, -0.15) is 0 Å². The summed E-state index contributed by atoms with van der Waals surface area (Å²) in [5.41, 5.74) is 3.41. The van der Waals surface area contributed by atoms with Crippen molar-refractivity contribution in [2.75, 3.05) is 40.6 Å². The van der Waals surface area contributed by atoms with E-state index in [2.05, 4.69) is 23.1 Å². The molecule has 1 aliphatic heterocycles. The third kappa shape index (κ3) is 8.88. The summed E-state index contributed by atoms with van der Waals surface area (Å²) in [7, 11) is 2.88. The van der Waals surface area contributed by atoms with Crippen LogP contribution in [0.25, 0.3) is 0 Å². The largest absolute Gasteiger partial charge is 0.459 e. The van der Waals surface area contributed by atoms with E-state index in [9.17, 15) is 19.8 Å². The van der Waals surface area contributed by atoms with Crippen LogP contribution < -0.4 is 14.8 Å². The number of aliphatic hydroxyl groups excluding tert-OH is 2. The number of ether oxygens (including phenoxy) is 4. The lowest BCUT2D eigenvalue weighted by Gasteiger charge is -2.59. The van der Waals surface area contributed by atoms with Gasteiger partial charge >= 0.3 is 12.2 Å². The highest BCUT2D eigenvalue weighted by atomic mass is 16.7. The van der Waals surface area contributed by atoms with E-state index in [1.807, 2.05) is 49.4 Å². The number of oxime groups is 1. The van der Waals surface area contributed by atoms with Gasteiger partial charge in [0.15, 0.2) is 0 Å². The molecule has 288 valence electrons. The Balaban J connectivity index is 1.68. The highest BCUT2D eigenvalue weighted by Gasteiger charge is 2.65. The number of benzene rings is 2. The molecule has 0 saturated heterocycles. The van der Waals surface area contributed by atoms with Crippen molar-refractivity contribution in [3.63, 3.8) is 0 Å². The monoisotopic (exact) mass is 733 g/mol. The van der Waals surface area contributed by atoms with Crippen molar-refractivity contribution in [1.82, 2.24) is 10.2 Å². The maximum Gasteiger partial charge on any atom is 0.412 e. The lowest BCUT2D eigenvalue weighted by Crippen LogP contribution is -2.70. The van der Waals surface area contributed by atoms with Crippen molar-refractivity contribution in [2.24, 2.45) is 22.9 Å². The third-order valence-corrected chi connectivity index (χ3v) is 10.6. The van der Waals surface area contributed by atoms with Crippen LogP contribution >= 0.6 is 0 Å². The maximum absolute atomic E-state index is 13.6. The summed E-state index contributed by atoms with van der Waals surface area (Å²) in [6, 6.07) is 14.3. The number of aliphatic hydroxyl groups is 2. The molecule has 1 heterocycles. The Hall–Kier alpha value is -4.39. The van der Waals surface area contributed by atoms with Gasteiger partial charge in [0.25, 0.3) is 0 Å². The fraction of sp³-hybridized carbons (Fsp3) is 0.537. The third-order valence-electron chi connectivity index (χ3n) is 10.6. The van der Waals surface area contributed by atoms with Crippen LogP contribution in [0.2, 0.25) is 0 Å². The van der Waals surface area contributed by atoms with Gasteiger partial charge in [0.05, 0.1) is 25.3 Å². The van der Waals surface area contributed by atoms with Crippen LogP contribution in [-0.4, -0.2) is 85.4 Å². The standard InChI is InChI=1S/C41H55N3O9/c1-5-20-44(40(48)49-3)36-26-34(43-50-4)32-24-29(16-10-12-21-45)31(17-11-13-22-46)37-33-25-30(52-39(47)42-27-28-14-8-7-9-15-28)18-19-35(33)53-41(36,38(32)37)51-23-6-2/h6-9,14-15,18-19,24-25,29,31,36-38,45-46H,2,5,10-13,16-17,20-23,26-27H2,1,3-4H3,(H,42,47)/t29-,31+,36-,37+,38+,41+/m0/s1. The lowest BCUT2D eigenvalue weighted by molar-refractivity contribution is -0.255. The number of carbonyl (C=O) groups is 2. The number of rotatable bonds is 18. The number of fused-ring (bicyclic) bond motifs is 2. The second-order valence-corrected chi connectivity index (χ2v) is 13.8. The zero-order chi connectivity index (χ0) is 37.8. The van der Waals surface area contributed by atoms with Crippen molar-refractivity contribution < 1.29 is 43.6 Å². The van der Waals surface area contributed by atoms with Gasteiger partial charge < -0.3 is 39.3 Å². The lowest BCUT2D eigenvalue weighted by atomic mass is 9.55. The van der Waals surface area contributed by atoms with Gasteiger partial charge in [-0.15, -0.1) is 6.58 Å². The first-order chi connectivity index (χ1) is 25.8. The molecule has 0 spiro atoms. The predicted octanol–water partition coefficient (Wildman–Crippen LogP) is 6.72. The Morgan fingerprint density at radius 1 is 1.08 bits per heavy atom. The quantitative estimate of drug-likeness (QED) is 0.0863. The Labute approximate surface area is 312 Å². The van der Waals surface area contributed by atoms with E-state index < -0.39 is 29.9 Å². The Bertz CT molecular complexity index is 1600. The van der Waals surface area contributed by atoms with Crippen LogP contribution in [0.4, 0.5) is 9.59 Å². The first-order valence-electron chi connectivity index (χ1n) is 18.8. The highest BCUT2D eigenvalue weighted by molar-refractivity contribution is 6.03. The first kappa shape index (κ1) is 39.8. The smallest absolute Gasteiger partial charge is 0.412 e. The molecule has 3 N–H and O–H groups in total. The Kier molecular flexibility index (Phi) is 14.3. The van der Waals surface area contributed by atoms with E-state index >= 15 is 0 Å². The molecule has 2 aliphatic carbocycles. The molecule has 12 heteroatoms. The zero-order valence-electron chi connectivity index (χ0n) is 31.2. The van der Waals surface area contributed by atoms with Gasteiger partial charge in [-0.1, -0.05) is 67.4 Å². The van der Waals surface area contributed by atoms with Crippen LogP contribution in [0.3, 0.4) is 0 Å². The van der Waals surface area contributed by atoms with Gasteiger partial charge in [-0.25, -0.2) is 9.59 Å². The molecule has 0 unspecified atom stereocenters. The summed E-state index contributed by atoms with van der Waals surface area (Å²) in [6.45, 7) is 6.98. The topological polar surface area (TPSA) is 148 Å². The molecule has 0 radical (unpaired) electrons. The summed E-state index contributed by atoms with van der Waals surface area (Å²) >= 11 is 0. The molecule has 0 aromatic heterocycles. The van der Waals surface area contributed by atoms with E-state index in [-0.39, 0.29) is 44.0 Å². The predicted molar refractivity (Wildman–Crippen MR) is 201 cm³/mol. The van der Waals surface area contributed by atoms with E-state index in [0.29, 0.717) is 49.6 Å². The van der Waals surface area contributed by atoms with Crippen molar-refractivity contribution in [3.8, 4) is 11.5 Å². The maximum atomic E-state index is 13.6. The molecule has 5 rings (SSSR count). The van der Waals surface area contributed by atoms with Gasteiger partial charge in [0, 0.05) is 44.2 Å². The number of nitrogens with one attached hydrogen (secondary N) is 1. The van der Waals surface area contributed by atoms with Crippen LogP contribution in [0.5, 0.6) is 11.5 Å². The molecule has 1 fully saturated rings. The summed E-state index contributed by atoms with van der Waals surface area (Å²) < 4.78 is 25.2. The summed E-state index contributed by atoms with van der Waals surface area (Å²) in [5.74, 6) is -1.07. The van der Waals surface area contributed by atoms with E-state index in [1.165, 1.54) is 14.2 Å². The molecule has 53 heavy (non-hydrogen) atoms. The number of allylic oxidation sites excluding steroid dienone is 1. The van der Waals surface area contributed by atoms with Gasteiger partial charge in [0.2, 0.25) is 5.79 Å². The molecule has 2 amide bonds. The van der Waals surface area contributed by atoms with E-state index in [0.717, 1.165) is 42.4 Å². The van der Waals surface area contributed by atoms with Crippen molar-refractivity contribution in [2.45, 2.75) is 82.6 Å². The molecule has 1 saturated carbocycles. The molecule has 2 aromatic rings. The number of hydrogen-bond acceptors (Lipinski definition) is 10. The number of unbranched alkanes of at least 4 members (excludes halogenated alkanes) is 2. The minimum Gasteiger partial charge on any atom is -0.459 e. The van der Waals surface area contributed by atoms with Crippen LogP contribution in [-0.2, 0) is 20.9 Å². The first-order valence-corrected chi connectivity index (χ1v) is 18.8. The minimum absolute atomic E-state index is 0.0332. The van der Waals surface area contributed by atoms with Crippen molar-refractivity contribution >= 4 is 17.9 Å². The summed E-state index contributed by atoms with van der Waals surface area (Å²) in [5, 5.41) is 26.9. The number of carbonyl (C=O) groups excluding carboxylic acids is 2. The molecule has 12 nitrogen and oxygen atoms in total. The zero-order valence-corrected chi connectivity index (χ0v) is 31.2. The second-order valence-electron chi connectivity index (χ2n) is 13.8. The van der Waals surface area contributed by atoms with Crippen LogP contribution in [0.1, 0.15) is 75.3 Å². The average Bonchev–Trinajstić information content (AvgIpc) is 3.17. The number of amides is 2. The molecule has 3 aliphatic rings. The number of hydrogen-bond donors (Lipinski definition) is 3. The van der Waals surface area contributed by atoms with Gasteiger partial charge in [-0.05, 0) is 73.3 Å². The second kappa shape index (κ2) is 19.1. The van der Waals surface area contributed by atoms with Crippen molar-refractivity contribution in [3.05, 3.63) is 84.0 Å². The van der Waals surface area contributed by atoms with E-state index in [4.69, 9.17) is 23.8 Å². The summed E-state index contributed by atoms with van der Waals surface area (Å²) in [6.07, 6.45) is 8.33.